The molecular formula is C14H18N2O3S. The summed E-state index contributed by atoms with van der Waals surface area (Å²) in [4.78, 5) is 14.9. The first-order valence-corrected chi connectivity index (χ1v) is 8.60. The maximum atomic E-state index is 12.1. The molecule has 0 saturated carbocycles. The molecule has 108 valence electrons. The van der Waals surface area contributed by atoms with E-state index in [1.165, 1.54) is 0 Å². The number of aryl methyl sites for hydroxylation is 1. The van der Waals surface area contributed by atoms with Crippen LogP contribution in [0.5, 0.6) is 0 Å². The Kier molecular flexibility index (Phi) is 3.20. The molecule has 2 heterocycles. The molecule has 0 amide bonds. The molecule has 0 radical (unpaired) electrons. The third-order valence-electron chi connectivity index (χ3n) is 4.12. The standard InChI is InChI=1S/C14H18N2O3S/c1-10-5-4-7-12-13(10)15-14(17)16(12)9-11-6-2-3-8-20(11,18)19/h4-5,7,11H,2-3,6,8-9H2,1H3,(H,15,17). The Labute approximate surface area is 117 Å². The van der Waals surface area contributed by atoms with Crippen molar-refractivity contribution in [1.82, 2.24) is 9.55 Å². The molecule has 0 aliphatic carbocycles. The van der Waals surface area contributed by atoms with Gasteiger partial charge in [0.2, 0.25) is 0 Å². The molecule has 20 heavy (non-hydrogen) atoms. The summed E-state index contributed by atoms with van der Waals surface area (Å²) in [6.07, 6.45) is 2.30. The van der Waals surface area contributed by atoms with E-state index in [0.717, 1.165) is 29.4 Å². The minimum Gasteiger partial charge on any atom is -0.305 e. The van der Waals surface area contributed by atoms with Gasteiger partial charge >= 0.3 is 5.69 Å². The second kappa shape index (κ2) is 4.77. The van der Waals surface area contributed by atoms with Gasteiger partial charge < -0.3 is 4.98 Å². The molecule has 1 unspecified atom stereocenters. The molecule has 1 saturated heterocycles. The zero-order valence-electron chi connectivity index (χ0n) is 11.4. The van der Waals surface area contributed by atoms with Crippen LogP contribution in [-0.2, 0) is 16.4 Å². The van der Waals surface area contributed by atoms with Gasteiger partial charge in [0, 0.05) is 6.54 Å². The lowest BCUT2D eigenvalue weighted by Gasteiger charge is -2.22. The van der Waals surface area contributed by atoms with E-state index in [2.05, 4.69) is 4.98 Å². The Hall–Kier alpha value is -1.56. The van der Waals surface area contributed by atoms with E-state index in [-0.39, 0.29) is 18.0 Å². The number of benzene rings is 1. The number of sulfone groups is 1. The van der Waals surface area contributed by atoms with E-state index in [9.17, 15) is 13.2 Å². The quantitative estimate of drug-likeness (QED) is 0.914. The Bertz CT molecular complexity index is 801. The monoisotopic (exact) mass is 294 g/mol. The van der Waals surface area contributed by atoms with Crippen LogP contribution >= 0.6 is 0 Å². The number of para-hydroxylation sites is 1. The van der Waals surface area contributed by atoms with Crippen LogP contribution in [0.3, 0.4) is 0 Å². The highest BCUT2D eigenvalue weighted by atomic mass is 32.2. The molecule has 1 aromatic heterocycles. The average Bonchev–Trinajstić information content (AvgIpc) is 2.70. The first-order chi connectivity index (χ1) is 9.49. The second-order valence-corrected chi connectivity index (χ2v) is 7.90. The van der Waals surface area contributed by atoms with Crippen molar-refractivity contribution < 1.29 is 8.42 Å². The fourth-order valence-electron chi connectivity index (χ4n) is 2.93. The molecule has 1 fully saturated rings. The highest BCUT2D eigenvalue weighted by Gasteiger charge is 2.29. The van der Waals surface area contributed by atoms with Crippen molar-refractivity contribution in [3.63, 3.8) is 0 Å². The van der Waals surface area contributed by atoms with Gasteiger partial charge in [-0.2, -0.15) is 0 Å². The summed E-state index contributed by atoms with van der Waals surface area (Å²) in [7, 11) is -3.07. The van der Waals surface area contributed by atoms with Crippen LogP contribution in [0.4, 0.5) is 0 Å². The number of hydrogen-bond donors (Lipinski definition) is 1. The summed E-state index contributed by atoms with van der Waals surface area (Å²) < 4.78 is 25.8. The van der Waals surface area contributed by atoms with E-state index < -0.39 is 15.1 Å². The molecule has 1 atom stereocenters. The van der Waals surface area contributed by atoms with Crippen LogP contribution < -0.4 is 5.69 Å². The lowest BCUT2D eigenvalue weighted by molar-refractivity contribution is 0.508. The van der Waals surface area contributed by atoms with Crippen molar-refractivity contribution in [3.8, 4) is 0 Å². The fraction of sp³-hybridized carbons (Fsp3) is 0.500. The van der Waals surface area contributed by atoms with Gasteiger partial charge in [0.05, 0.1) is 22.0 Å². The lowest BCUT2D eigenvalue weighted by atomic mass is 10.2. The predicted molar refractivity (Wildman–Crippen MR) is 78.7 cm³/mol. The van der Waals surface area contributed by atoms with Crippen molar-refractivity contribution in [1.29, 1.82) is 0 Å². The van der Waals surface area contributed by atoms with Gasteiger partial charge in [-0.05, 0) is 31.4 Å². The summed E-state index contributed by atoms with van der Waals surface area (Å²) in [5.74, 6) is 0.244. The molecule has 5 nitrogen and oxygen atoms in total. The molecular weight excluding hydrogens is 276 g/mol. The molecule has 1 aliphatic rings. The van der Waals surface area contributed by atoms with Gasteiger partial charge in [0.15, 0.2) is 9.84 Å². The third-order valence-corrected chi connectivity index (χ3v) is 6.38. The highest BCUT2D eigenvalue weighted by Crippen LogP contribution is 2.22. The number of nitrogens with one attached hydrogen (secondary N) is 1. The summed E-state index contributed by atoms with van der Waals surface area (Å²) in [5.41, 5.74) is 2.35. The van der Waals surface area contributed by atoms with Crippen molar-refractivity contribution in [2.75, 3.05) is 5.75 Å². The predicted octanol–water partition coefficient (Wildman–Crippen LogP) is 1.61. The molecule has 6 heteroatoms. The fourth-order valence-corrected chi connectivity index (χ4v) is 4.78. The van der Waals surface area contributed by atoms with Gasteiger partial charge in [-0.3, -0.25) is 4.57 Å². The summed E-state index contributed by atoms with van der Waals surface area (Å²) >= 11 is 0. The van der Waals surface area contributed by atoms with E-state index in [0.29, 0.717) is 6.42 Å². The normalized spacial score (nSPS) is 22.1. The maximum absolute atomic E-state index is 12.1. The number of hydrogen-bond acceptors (Lipinski definition) is 3. The summed E-state index contributed by atoms with van der Waals surface area (Å²) in [6.45, 7) is 2.19. The minimum absolute atomic E-state index is 0.227. The first-order valence-electron chi connectivity index (χ1n) is 6.89. The number of aromatic nitrogens is 2. The van der Waals surface area contributed by atoms with Crippen LogP contribution in [0.1, 0.15) is 24.8 Å². The Morgan fingerprint density at radius 1 is 1.35 bits per heavy atom. The van der Waals surface area contributed by atoms with E-state index >= 15 is 0 Å². The lowest BCUT2D eigenvalue weighted by Crippen LogP contribution is -2.34. The van der Waals surface area contributed by atoms with Crippen LogP contribution in [-0.4, -0.2) is 29.0 Å². The van der Waals surface area contributed by atoms with Crippen molar-refractivity contribution in [3.05, 3.63) is 34.2 Å². The van der Waals surface area contributed by atoms with E-state index in [4.69, 9.17) is 0 Å². The minimum atomic E-state index is -3.07. The van der Waals surface area contributed by atoms with Crippen molar-refractivity contribution in [2.24, 2.45) is 0 Å². The van der Waals surface area contributed by atoms with Crippen molar-refractivity contribution in [2.45, 2.75) is 38.0 Å². The number of imidazole rings is 1. The Balaban J connectivity index is 2.05. The van der Waals surface area contributed by atoms with Crippen LogP contribution in [0.25, 0.3) is 11.0 Å². The van der Waals surface area contributed by atoms with Crippen LogP contribution in [0, 0.1) is 6.92 Å². The first kappa shape index (κ1) is 13.4. The number of H-pyrrole nitrogens is 1. The van der Waals surface area contributed by atoms with Gasteiger partial charge in [0.25, 0.3) is 0 Å². The number of nitrogens with zero attached hydrogens (tertiary/aromatic N) is 1. The highest BCUT2D eigenvalue weighted by molar-refractivity contribution is 7.92. The van der Waals surface area contributed by atoms with Gasteiger partial charge in [-0.15, -0.1) is 0 Å². The van der Waals surface area contributed by atoms with Gasteiger partial charge in [-0.25, -0.2) is 13.2 Å². The third kappa shape index (κ3) is 2.18. The number of rotatable bonds is 2. The number of aromatic amines is 1. The van der Waals surface area contributed by atoms with Crippen LogP contribution in [0.2, 0.25) is 0 Å². The zero-order chi connectivity index (χ0) is 14.3. The largest absolute Gasteiger partial charge is 0.326 e. The van der Waals surface area contributed by atoms with Crippen LogP contribution in [0.15, 0.2) is 23.0 Å². The number of fused-ring (bicyclic) bond motifs is 1. The van der Waals surface area contributed by atoms with Gasteiger partial charge in [-0.1, -0.05) is 18.6 Å². The SMILES string of the molecule is Cc1cccc2c1[nH]c(=O)n2CC1CCCCS1(=O)=O. The van der Waals surface area contributed by atoms with E-state index in [1.807, 2.05) is 25.1 Å². The van der Waals surface area contributed by atoms with Gasteiger partial charge in [0.1, 0.15) is 0 Å². The molecule has 1 aromatic carbocycles. The smallest absolute Gasteiger partial charge is 0.305 e. The molecule has 0 spiro atoms. The molecule has 3 rings (SSSR count). The van der Waals surface area contributed by atoms with Crippen molar-refractivity contribution >= 4 is 20.9 Å². The summed E-state index contributed by atoms with van der Waals surface area (Å²) in [6, 6.07) is 5.67. The maximum Gasteiger partial charge on any atom is 0.326 e. The topological polar surface area (TPSA) is 71.9 Å². The zero-order valence-corrected chi connectivity index (χ0v) is 12.2. The molecule has 0 bridgehead atoms. The molecule has 2 aromatic rings. The average molecular weight is 294 g/mol. The second-order valence-electron chi connectivity index (χ2n) is 5.49. The van der Waals surface area contributed by atoms with E-state index in [1.54, 1.807) is 4.57 Å². The Morgan fingerprint density at radius 3 is 2.90 bits per heavy atom. The molecule has 1 N–H and O–H groups in total. The summed E-state index contributed by atoms with van der Waals surface area (Å²) in [5, 5.41) is -0.437. The Morgan fingerprint density at radius 2 is 2.15 bits per heavy atom. The molecule has 1 aliphatic heterocycles.